The Labute approximate surface area is 73.7 Å². The molecule has 5 heteroatoms. The van der Waals surface area contributed by atoms with Gasteiger partial charge in [0.25, 0.3) is 11.9 Å². The lowest BCUT2D eigenvalue weighted by molar-refractivity contribution is -0.137. The van der Waals surface area contributed by atoms with Gasteiger partial charge in [-0.1, -0.05) is 13.3 Å². The van der Waals surface area contributed by atoms with Gasteiger partial charge in [0.2, 0.25) is 0 Å². The average molecular weight is 189 g/mol. The molecule has 0 saturated heterocycles. The van der Waals surface area contributed by atoms with E-state index in [0.717, 1.165) is 6.42 Å². The normalized spacial score (nSPS) is 9.67. The highest BCUT2D eigenvalue weighted by atomic mass is 28.3. The summed E-state index contributed by atoms with van der Waals surface area (Å²) in [7, 11) is -1.69. The molecule has 0 aromatic heterocycles. The van der Waals surface area contributed by atoms with Crippen molar-refractivity contribution in [2.24, 2.45) is 0 Å². The van der Waals surface area contributed by atoms with Crippen LogP contribution >= 0.6 is 0 Å². The fourth-order valence-corrected chi connectivity index (χ4v) is 1.94. The molecule has 0 aromatic carbocycles. The van der Waals surface area contributed by atoms with Gasteiger partial charge in [0.05, 0.1) is 0 Å². The maximum absolute atomic E-state index is 10.5. The summed E-state index contributed by atoms with van der Waals surface area (Å²) < 4.78 is 9.64. The van der Waals surface area contributed by atoms with Crippen LogP contribution in [0.5, 0.6) is 0 Å². The van der Waals surface area contributed by atoms with Gasteiger partial charge in [0.15, 0.2) is 0 Å². The molecule has 0 amide bonds. The highest BCUT2D eigenvalue weighted by Gasteiger charge is 2.21. The Kier molecular flexibility index (Phi) is 5.36. The average Bonchev–Trinajstić information content (AvgIpc) is 1.84. The van der Waals surface area contributed by atoms with Crippen molar-refractivity contribution in [3.8, 4) is 0 Å². The van der Waals surface area contributed by atoms with Gasteiger partial charge in [0.1, 0.15) is 0 Å². The molecule has 0 spiro atoms. The Morgan fingerprint density at radius 2 is 1.58 bits per heavy atom. The van der Waals surface area contributed by atoms with Crippen molar-refractivity contribution in [1.29, 1.82) is 0 Å². The quantitative estimate of drug-likeness (QED) is 0.619. The molecule has 12 heavy (non-hydrogen) atoms. The smallest absolute Gasteiger partial charge is 0.483 e. The van der Waals surface area contributed by atoms with Crippen molar-refractivity contribution in [1.82, 2.24) is 0 Å². The monoisotopic (exact) mass is 189 g/mol. The van der Waals surface area contributed by atoms with Crippen LogP contribution in [0.3, 0.4) is 0 Å². The molecule has 0 aliphatic rings. The van der Waals surface area contributed by atoms with E-state index in [9.17, 15) is 9.59 Å². The SMILES string of the molecule is CCC[Si](OC(C)=O)OC(C)=O. The van der Waals surface area contributed by atoms with Gasteiger partial charge in [-0.25, -0.2) is 0 Å². The number of rotatable bonds is 4. The van der Waals surface area contributed by atoms with Crippen LogP contribution in [0.25, 0.3) is 0 Å². The molecule has 4 nitrogen and oxygen atoms in total. The molecule has 0 aliphatic heterocycles. The predicted molar refractivity (Wildman–Crippen MR) is 44.4 cm³/mol. The molecule has 69 valence electrons. The van der Waals surface area contributed by atoms with Crippen molar-refractivity contribution in [3.05, 3.63) is 0 Å². The zero-order valence-corrected chi connectivity index (χ0v) is 8.55. The highest BCUT2D eigenvalue weighted by molar-refractivity contribution is 6.48. The molecule has 0 N–H and O–H groups in total. The van der Waals surface area contributed by atoms with Crippen LogP contribution in [-0.2, 0) is 18.4 Å². The molecule has 0 atom stereocenters. The van der Waals surface area contributed by atoms with Crippen LogP contribution in [0.1, 0.15) is 27.2 Å². The Balaban J connectivity index is 3.85. The van der Waals surface area contributed by atoms with E-state index in [0.29, 0.717) is 6.04 Å². The van der Waals surface area contributed by atoms with Gasteiger partial charge in [-0.15, -0.1) is 0 Å². The van der Waals surface area contributed by atoms with E-state index in [4.69, 9.17) is 8.85 Å². The summed E-state index contributed by atoms with van der Waals surface area (Å²) in [6, 6.07) is 0.643. The standard InChI is InChI=1S/C7H13O4Si/c1-4-5-12(10-6(2)8)11-7(3)9/h4-5H2,1-3H3. The summed E-state index contributed by atoms with van der Waals surface area (Å²) in [5, 5.41) is 0. The second-order valence-electron chi connectivity index (χ2n) is 2.31. The maximum Gasteiger partial charge on any atom is 0.536 e. The largest absolute Gasteiger partial charge is 0.536 e. The Morgan fingerprint density at radius 3 is 1.83 bits per heavy atom. The van der Waals surface area contributed by atoms with Crippen molar-refractivity contribution >= 4 is 21.2 Å². The molecular formula is C7H13O4Si. The predicted octanol–water partition coefficient (Wildman–Crippen LogP) is 1.01. The van der Waals surface area contributed by atoms with Crippen molar-refractivity contribution in [2.45, 2.75) is 33.2 Å². The minimum absolute atomic E-state index is 0.390. The highest BCUT2D eigenvalue weighted by Crippen LogP contribution is 2.01. The summed E-state index contributed by atoms with van der Waals surface area (Å²) in [6.07, 6.45) is 0.842. The van der Waals surface area contributed by atoms with Crippen LogP contribution in [0.4, 0.5) is 0 Å². The molecule has 0 rings (SSSR count). The molecule has 0 unspecified atom stereocenters. The van der Waals surface area contributed by atoms with Crippen LogP contribution in [0, 0.1) is 0 Å². The van der Waals surface area contributed by atoms with E-state index >= 15 is 0 Å². The summed E-state index contributed by atoms with van der Waals surface area (Å²) >= 11 is 0. The minimum atomic E-state index is -1.69. The summed E-state index contributed by atoms with van der Waals surface area (Å²) in [5.41, 5.74) is 0. The fraction of sp³-hybridized carbons (Fsp3) is 0.714. The number of hydrogen-bond donors (Lipinski definition) is 0. The first-order valence-electron chi connectivity index (χ1n) is 3.79. The number of carbonyl (C=O) groups is 2. The second kappa shape index (κ2) is 5.76. The summed E-state index contributed by atoms with van der Waals surface area (Å²) in [4.78, 5) is 21.0. The molecular weight excluding hydrogens is 176 g/mol. The van der Waals surface area contributed by atoms with Gasteiger partial charge < -0.3 is 8.85 Å². The maximum atomic E-state index is 10.5. The molecule has 0 saturated carbocycles. The summed E-state index contributed by atoms with van der Waals surface area (Å²) in [6.45, 7) is 4.56. The molecule has 0 bridgehead atoms. The fourth-order valence-electron chi connectivity index (χ4n) is 0.648. The van der Waals surface area contributed by atoms with Gasteiger partial charge in [-0.05, 0) is 0 Å². The van der Waals surface area contributed by atoms with Gasteiger partial charge in [-0.3, -0.25) is 9.59 Å². The van der Waals surface area contributed by atoms with Crippen LogP contribution in [0.15, 0.2) is 0 Å². The van der Waals surface area contributed by atoms with Crippen molar-refractivity contribution in [3.63, 3.8) is 0 Å². The molecule has 1 radical (unpaired) electrons. The first-order chi connectivity index (χ1) is 5.56. The van der Waals surface area contributed by atoms with E-state index in [1.54, 1.807) is 0 Å². The second-order valence-corrected chi connectivity index (χ2v) is 3.96. The molecule has 0 aliphatic carbocycles. The lowest BCUT2D eigenvalue weighted by atomic mass is 10.6. The Hall–Kier alpha value is -0.843. The lowest BCUT2D eigenvalue weighted by Crippen LogP contribution is -2.26. The van der Waals surface area contributed by atoms with E-state index < -0.39 is 21.2 Å². The number of hydrogen-bond acceptors (Lipinski definition) is 4. The zero-order chi connectivity index (χ0) is 9.56. The lowest BCUT2D eigenvalue weighted by Gasteiger charge is -2.10. The third-order valence-corrected chi connectivity index (χ3v) is 2.91. The zero-order valence-electron chi connectivity index (χ0n) is 7.55. The van der Waals surface area contributed by atoms with E-state index in [1.807, 2.05) is 6.92 Å². The molecule has 0 aromatic rings. The van der Waals surface area contributed by atoms with Gasteiger partial charge in [0, 0.05) is 19.9 Å². The van der Waals surface area contributed by atoms with Gasteiger partial charge >= 0.3 is 9.28 Å². The third kappa shape index (κ3) is 5.91. The number of carbonyl (C=O) groups excluding carboxylic acids is 2. The topological polar surface area (TPSA) is 52.6 Å². The third-order valence-electron chi connectivity index (χ3n) is 0.969. The van der Waals surface area contributed by atoms with E-state index in [-0.39, 0.29) is 0 Å². The first kappa shape index (κ1) is 11.2. The Morgan fingerprint density at radius 1 is 1.17 bits per heavy atom. The van der Waals surface area contributed by atoms with Crippen LogP contribution < -0.4 is 0 Å². The van der Waals surface area contributed by atoms with Crippen LogP contribution in [0.2, 0.25) is 6.04 Å². The van der Waals surface area contributed by atoms with Gasteiger partial charge in [-0.2, -0.15) is 0 Å². The molecule has 0 fully saturated rings. The van der Waals surface area contributed by atoms with Crippen LogP contribution in [-0.4, -0.2) is 21.2 Å². The first-order valence-corrected chi connectivity index (χ1v) is 5.31. The summed E-state index contributed by atoms with van der Waals surface area (Å²) in [5.74, 6) is -0.780. The minimum Gasteiger partial charge on any atom is -0.483 e. The van der Waals surface area contributed by atoms with E-state index in [2.05, 4.69) is 0 Å². The Bertz CT molecular complexity index is 153. The molecule has 0 heterocycles. The van der Waals surface area contributed by atoms with Crippen molar-refractivity contribution < 1.29 is 18.4 Å². The van der Waals surface area contributed by atoms with E-state index in [1.165, 1.54) is 13.8 Å². The van der Waals surface area contributed by atoms with Crippen molar-refractivity contribution in [2.75, 3.05) is 0 Å².